The molecule has 1 aromatic heterocycles. The van der Waals surface area contributed by atoms with Crippen LogP contribution in [-0.2, 0) is 14.9 Å². The summed E-state index contributed by atoms with van der Waals surface area (Å²) in [5.74, 6) is -0.341. The highest BCUT2D eigenvalue weighted by Gasteiger charge is 2.23. The minimum atomic E-state index is -4.41. The van der Waals surface area contributed by atoms with Gasteiger partial charge in [0.15, 0.2) is 0 Å². The third kappa shape index (κ3) is 2.65. The molecular weight excluding hydrogens is 250 g/mol. The average molecular weight is 261 g/mol. The van der Waals surface area contributed by atoms with E-state index in [0.29, 0.717) is 26.3 Å². The fourth-order valence-corrected chi connectivity index (χ4v) is 1.96. The zero-order valence-corrected chi connectivity index (χ0v) is 9.64. The zero-order valence-electron chi connectivity index (χ0n) is 8.83. The second-order valence-electron chi connectivity index (χ2n) is 3.53. The van der Waals surface area contributed by atoms with Gasteiger partial charge in [0.2, 0.25) is 5.09 Å². The summed E-state index contributed by atoms with van der Waals surface area (Å²) in [6.45, 7) is 1.81. The summed E-state index contributed by atoms with van der Waals surface area (Å²) in [7, 11) is -4.41. The second-order valence-corrected chi connectivity index (χ2v) is 4.89. The normalized spacial score (nSPS) is 17.1. The van der Waals surface area contributed by atoms with Crippen LogP contribution in [0.3, 0.4) is 0 Å². The summed E-state index contributed by atoms with van der Waals surface area (Å²) in [6.07, 6.45) is 1.01. The molecule has 1 N–H and O–H groups in total. The zero-order chi connectivity index (χ0) is 12.5. The van der Waals surface area contributed by atoms with Gasteiger partial charge in [-0.2, -0.15) is 8.42 Å². The van der Waals surface area contributed by atoms with Crippen molar-refractivity contribution in [1.82, 2.24) is 4.90 Å². The maximum Gasteiger partial charge on any atom is 0.328 e. The smallest absolute Gasteiger partial charge is 0.328 e. The van der Waals surface area contributed by atoms with Crippen molar-refractivity contribution in [1.29, 1.82) is 0 Å². The largest absolute Gasteiger partial charge is 0.450 e. The molecule has 1 aromatic rings. The third-order valence-electron chi connectivity index (χ3n) is 2.37. The summed E-state index contributed by atoms with van der Waals surface area (Å²) in [5, 5.41) is -0.630. The lowest BCUT2D eigenvalue weighted by atomic mass is 10.3. The minimum Gasteiger partial charge on any atom is -0.450 e. The van der Waals surface area contributed by atoms with Crippen LogP contribution in [-0.4, -0.2) is 50.1 Å². The quantitative estimate of drug-likeness (QED) is 0.752. The second kappa shape index (κ2) is 4.47. The van der Waals surface area contributed by atoms with Crippen LogP contribution in [0.15, 0.2) is 21.8 Å². The van der Waals surface area contributed by atoms with Gasteiger partial charge in [0, 0.05) is 19.2 Å². The molecule has 1 aliphatic rings. The SMILES string of the molecule is O=C(c1coc(S(=O)(=O)O)c1)N1CCOCC1. The van der Waals surface area contributed by atoms with Gasteiger partial charge in [0.05, 0.1) is 18.8 Å². The van der Waals surface area contributed by atoms with E-state index >= 15 is 0 Å². The van der Waals surface area contributed by atoms with Gasteiger partial charge >= 0.3 is 10.1 Å². The number of carbonyl (C=O) groups is 1. The minimum absolute atomic E-state index is 0.0968. The molecule has 0 aliphatic carbocycles. The predicted molar refractivity (Wildman–Crippen MR) is 55.2 cm³/mol. The van der Waals surface area contributed by atoms with Gasteiger partial charge < -0.3 is 14.1 Å². The standard InChI is InChI=1S/C9H11NO6S/c11-9(10-1-3-15-4-2-10)7-5-8(16-6-7)17(12,13)14/h5-6H,1-4H2,(H,12,13,14). The van der Waals surface area contributed by atoms with Crippen molar-refractivity contribution in [3.8, 4) is 0 Å². The molecule has 94 valence electrons. The van der Waals surface area contributed by atoms with Gasteiger partial charge in [-0.3, -0.25) is 9.35 Å². The Kier molecular flexibility index (Phi) is 3.18. The van der Waals surface area contributed by atoms with E-state index in [0.717, 1.165) is 12.3 Å². The van der Waals surface area contributed by atoms with E-state index in [2.05, 4.69) is 4.42 Å². The van der Waals surface area contributed by atoms with Crippen molar-refractivity contribution in [2.45, 2.75) is 5.09 Å². The lowest BCUT2D eigenvalue weighted by Gasteiger charge is -2.26. The van der Waals surface area contributed by atoms with Crippen molar-refractivity contribution in [2.75, 3.05) is 26.3 Å². The van der Waals surface area contributed by atoms with Gasteiger partial charge in [-0.25, -0.2) is 0 Å². The molecule has 0 spiro atoms. The molecule has 0 unspecified atom stereocenters. The van der Waals surface area contributed by atoms with E-state index in [1.807, 2.05) is 0 Å². The Labute approximate surface area is 97.7 Å². The third-order valence-corrected chi connectivity index (χ3v) is 3.10. The summed E-state index contributed by atoms with van der Waals surface area (Å²) < 4.78 is 40.0. The highest BCUT2D eigenvalue weighted by Crippen LogP contribution is 2.15. The highest BCUT2D eigenvalue weighted by molar-refractivity contribution is 7.85. The van der Waals surface area contributed by atoms with Crippen molar-refractivity contribution in [3.05, 3.63) is 17.9 Å². The van der Waals surface area contributed by atoms with Crippen LogP contribution in [0.5, 0.6) is 0 Å². The fraction of sp³-hybridized carbons (Fsp3) is 0.444. The molecule has 0 atom stereocenters. The van der Waals surface area contributed by atoms with Gasteiger partial charge in [-0.05, 0) is 0 Å². The van der Waals surface area contributed by atoms with Gasteiger partial charge in [0.1, 0.15) is 6.26 Å². The summed E-state index contributed by atoms with van der Waals surface area (Å²) in [4.78, 5) is 13.4. The molecule has 0 bridgehead atoms. The number of morpholine rings is 1. The van der Waals surface area contributed by atoms with Gasteiger partial charge in [-0.1, -0.05) is 0 Å². The Balaban J connectivity index is 2.17. The number of hydrogen-bond donors (Lipinski definition) is 1. The molecule has 1 saturated heterocycles. The van der Waals surface area contributed by atoms with Crippen LogP contribution in [0, 0.1) is 0 Å². The van der Waals surface area contributed by atoms with Crippen molar-refractivity contribution >= 4 is 16.0 Å². The average Bonchev–Trinajstić information content (AvgIpc) is 2.78. The Morgan fingerprint density at radius 2 is 2.00 bits per heavy atom. The molecule has 0 aromatic carbocycles. The summed E-state index contributed by atoms with van der Waals surface area (Å²) >= 11 is 0. The Hall–Kier alpha value is -1.38. The lowest BCUT2D eigenvalue weighted by molar-refractivity contribution is 0.0302. The van der Waals surface area contributed by atoms with E-state index in [9.17, 15) is 13.2 Å². The molecule has 0 radical (unpaired) electrons. The Bertz CT molecular complexity index is 513. The molecule has 1 aliphatic heterocycles. The Morgan fingerprint density at radius 1 is 1.35 bits per heavy atom. The van der Waals surface area contributed by atoms with E-state index in [4.69, 9.17) is 9.29 Å². The molecule has 8 heteroatoms. The monoisotopic (exact) mass is 261 g/mol. The van der Waals surface area contributed by atoms with Crippen molar-refractivity contribution in [2.24, 2.45) is 0 Å². The fourth-order valence-electron chi connectivity index (χ4n) is 1.51. The summed E-state index contributed by atoms with van der Waals surface area (Å²) in [5.41, 5.74) is 0.0968. The molecule has 0 saturated carbocycles. The van der Waals surface area contributed by atoms with Crippen molar-refractivity contribution in [3.63, 3.8) is 0 Å². The van der Waals surface area contributed by atoms with Gasteiger partial charge in [0.25, 0.3) is 5.91 Å². The van der Waals surface area contributed by atoms with E-state index < -0.39 is 15.2 Å². The number of ether oxygens (including phenoxy) is 1. The van der Waals surface area contributed by atoms with Crippen LogP contribution >= 0.6 is 0 Å². The summed E-state index contributed by atoms with van der Waals surface area (Å²) in [6, 6.07) is 1.01. The van der Waals surface area contributed by atoms with Crippen LogP contribution in [0.25, 0.3) is 0 Å². The van der Waals surface area contributed by atoms with Gasteiger partial charge in [-0.15, -0.1) is 0 Å². The molecule has 17 heavy (non-hydrogen) atoms. The van der Waals surface area contributed by atoms with Crippen LogP contribution in [0.2, 0.25) is 0 Å². The first-order valence-electron chi connectivity index (χ1n) is 4.91. The number of hydrogen-bond acceptors (Lipinski definition) is 5. The molecule has 7 nitrogen and oxygen atoms in total. The van der Waals surface area contributed by atoms with Crippen LogP contribution in [0.1, 0.15) is 10.4 Å². The number of rotatable bonds is 2. The number of furan rings is 1. The first kappa shape index (κ1) is 12.1. The van der Waals surface area contributed by atoms with Crippen LogP contribution in [0.4, 0.5) is 0 Å². The topological polar surface area (TPSA) is 97.0 Å². The first-order chi connectivity index (χ1) is 7.98. The molecule has 2 rings (SSSR count). The predicted octanol–water partition coefficient (Wildman–Crippen LogP) is -0.00130. The maximum absolute atomic E-state index is 11.9. The lowest BCUT2D eigenvalue weighted by Crippen LogP contribution is -2.40. The van der Waals surface area contributed by atoms with E-state index in [-0.39, 0.29) is 11.5 Å². The molecule has 1 fully saturated rings. The van der Waals surface area contributed by atoms with E-state index in [1.54, 1.807) is 0 Å². The highest BCUT2D eigenvalue weighted by atomic mass is 32.2. The molecular formula is C9H11NO6S. The van der Waals surface area contributed by atoms with Crippen LogP contribution < -0.4 is 0 Å². The molecule has 2 heterocycles. The maximum atomic E-state index is 11.9. The number of amides is 1. The first-order valence-corrected chi connectivity index (χ1v) is 6.35. The Morgan fingerprint density at radius 3 is 2.53 bits per heavy atom. The number of carbonyl (C=O) groups excluding carboxylic acids is 1. The molecule has 1 amide bonds. The number of nitrogens with zero attached hydrogens (tertiary/aromatic N) is 1. The van der Waals surface area contributed by atoms with E-state index in [1.165, 1.54) is 4.90 Å². The van der Waals surface area contributed by atoms with Crippen molar-refractivity contribution < 1.29 is 26.9 Å².